The van der Waals surface area contributed by atoms with E-state index in [4.69, 9.17) is 4.74 Å². The van der Waals surface area contributed by atoms with E-state index in [9.17, 15) is 4.79 Å². The molecule has 3 heteroatoms. The summed E-state index contributed by atoms with van der Waals surface area (Å²) in [7, 11) is 3.30. The van der Waals surface area contributed by atoms with Crippen LogP contribution in [0, 0.1) is 0 Å². The molecule has 0 unspecified atom stereocenters. The van der Waals surface area contributed by atoms with E-state index in [1.54, 1.807) is 31.0 Å². The summed E-state index contributed by atoms with van der Waals surface area (Å²) >= 11 is 0. The highest BCUT2D eigenvalue weighted by Crippen LogP contribution is 2.25. The second-order valence-electron chi connectivity index (χ2n) is 3.54. The van der Waals surface area contributed by atoms with Crippen LogP contribution in [0.1, 0.15) is 0 Å². The van der Waals surface area contributed by atoms with Crippen LogP contribution >= 0.6 is 0 Å². The molecule has 0 radical (unpaired) electrons. The molecule has 0 saturated heterocycles. The second-order valence-corrected chi connectivity index (χ2v) is 3.54. The zero-order valence-electron chi connectivity index (χ0n) is 9.31. The van der Waals surface area contributed by atoms with E-state index in [-0.39, 0.29) is 5.56 Å². The lowest BCUT2D eigenvalue weighted by Crippen LogP contribution is -2.18. The summed E-state index contributed by atoms with van der Waals surface area (Å²) in [6.07, 6.45) is 1.70. The van der Waals surface area contributed by atoms with Gasteiger partial charge in [-0.25, -0.2) is 0 Å². The topological polar surface area (TPSA) is 31.2 Å². The van der Waals surface area contributed by atoms with Gasteiger partial charge in [0.05, 0.1) is 12.7 Å². The Hall–Kier alpha value is -2.03. The third kappa shape index (κ3) is 1.72. The number of hydrogen-bond acceptors (Lipinski definition) is 2. The van der Waals surface area contributed by atoms with Crippen LogP contribution in [0.2, 0.25) is 0 Å². The molecule has 3 nitrogen and oxygen atoms in total. The van der Waals surface area contributed by atoms with E-state index in [1.165, 1.54) is 0 Å². The SMILES string of the molecule is COc1ccn(C)c(=O)c1-c1ccccc1. The van der Waals surface area contributed by atoms with Gasteiger partial charge >= 0.3 is 0 Å². The van der Waals surface area contributed by atoms with Gasteiger partial charge < -0.3 is 9.30 Å². The smallest absolute Gasteiger partial charge is 0.261 e. The Labute approximate surface area is 93.9 Å². The quantitative estimate of drug-likeness (QED) is 0.767. The predicted molar refractivity (Wildman–Crippen MR) is 63.7 cm³/mol. The fourth-order valence-corrected chi connectivity index (χ4v) is 1.65. The highest BCUT2D eigenvalue weighted by atomic mass is 16.5. The molecule has 82 valence electrons. The van der Waals surface area contributed by atoms with Gasteiger partial charge in [-0.1, -0.05) is 30.3 Å². The number of ether oxygens (including phenoxy) is 1. The molecule has 0 aliphatic rings. The Morgan fingerprint density at radius 3 is 2.44 bits per heavy atom. The van der Waals surface area contributed by atoms with Gasteiger partial charge in [-0.05, 0) is 11.6 Å². The number of nitrogens with zero attached hydrogens (tertiary/aromatic N) is 1. The molecule has 0 N–H and O–H groups in total. The maximum atomic E-state index is 12.0. The largest absolute Gasteiger partial charge is 0.496 e. The molecule has 16 heavy (non-hydrogen) atoms. The third-order valence-corrected chi connectivity index (χ3v) is 2.51. The highest BCUT2D eigenvalue weighted by molar-refractivity contribution is 5.69. The first kappa shape index (κ1) is 10.5. The molecule has 0 atom stereocenters. The number of rotatable bonds is 2. The average molecular weight is 215 g/mol. The van der Waals surface area contributed by atoms with Crippen molar-refractivity contribution in [2.24, 2.45) is 7.05 Å². The van der Waals surface area contributed by atoms with Crippen molar-refractivity contribution in [1.29, 1.82) is 0 Å². The number of pyridine rings is 1. The molecule has 0 bridgehead atoms. The van der Waals surface area contributed by atoms with E-state index in [0.717, 1.165) is 5.56 Å². The van der Waals surface area contributed by atoms with Crippen LogP contribution < -0.4 is 10.3 Å². The summed E-state index contributed by atoms with van der Waals surface area (Å²) in [5, 5.41) is 0. The van der Waals surface area contributed by atoms with Crippen LogP contribution in [0.4, 0.5) is 0 Å². The molecule has 2 rings (SSSR count). The molecule has 0 spiro atoms. The zero-order chi connectivity index (χ0) is 11.5. The van der Waals surface area contributed by atoms with Crippen LogP contribution in [0.25, 0.3) is 11.1 Å². The molecule has 1 aromatic heterocycles. The van der Waals surface area contributed by atoms with Crippen LogP contribution in [0.15, 0.2) is 47.4 Å². The molecule has 0 aliphatic carbocycles. The lowest BCUT2D eigenvalue weighted by molar-refractivity contribution is 0.414. The average Bonchev–Trinajstić information content (AvgIpc) is 2.33. The van der Waals surface area contributed by atoms with Gasteiger partial charge in [0.15, 0.2) is 0 Å². The van der Waals surface area contributed by atoms with Crippen molar-refractivity contribution in [3.05, 3.63) is 52.9 Å². The summed E-state index contributed by atoms with van der Waals surface area (Å²) < 4.78 is 6.77. The van der Waals surface area contributed by atoms with Gasteiger partial charge in [0.25, 0.3) is 5.56 Å². The lowest BCUT2D eigenvalue weighted by Gasteiger charge is -2.09. The van der Waals surface area contributed by atoms with Crippen molar-refractivity contribution < 1.29 is 4.74 Å². The minimum atomic E-state index is -0.0504. The predicted octanol–water partition coefficient (Wildman–Crippen LogP) is 2.06. The van der Waals surface area contributed by atoms with Crippen LogP contribution in [0.5, 0.6) is 5.75 Å². The summed E-state index contributed by atoms with van der Waals surface area (Å²) in [6.45, 7) is 0. The summed E-state index contributed by atoms with van der Waals surface area (Å²) in [5.41, 5.74) is 1.43. The number of aryl methyl sites for hydroxylation is 1. The Morgan fingerprint density at radius 2 is 1.81 bits per heavy atom. The second kappa shape index (κ2) is 4.23. The van der Waals surface area contributed by atoms with Crippen molar-refractivity contribution in [3.8, 4) is 16.9 Å². The van der Waals surface area contributed by atoms with E-state index in [2.05, 4.69) is 0 Å². The fourth-order valence-electron chi connectivity index (χ4n) is 1.65. The van der Waals surface area contributed by atoms with Gasteiger partial charge in [0.1, 0.15) is 5.75 Å². The van der Waals surface area contributed by atoms with E-state index in [0.29, 0.717) is 11.3 Å². The van der Waals surface area contributed by atoms with E-state index >= 15 is 0 Å². The third-order valence-electron chi connectivity index (χ3n) is 2.51. The van der Waals surface area contributed by atoms with Crippen molar-refractivity contribution >= 4 is 0 Å². The zero-order valence-corrected chi connectivity index (χ0v) is 9.31. The van der Waals surface area contributed by atoms with Crippen molar-refractivity contribution in [2.45, 2.75) is 0 Å². The Bertz CT molecular complexity index is 544. The molecule has 0 fully saturated rings. The maximum absolute atomic E-state index is 12.0. The van der Waals surface area contributed by atoms with Crippen LogP contribution in [-0.2, 0) is 7.05 Å². The molecule has 0 amide bonds. The van der Waals surface area contributed by atoms with Gasteiger partial charge in [-0.15, -0.1) is 0 Å². The lowest BCUT2D eigenvalue weighted by atomic mass is 10.1. The first-order valence-electron chi connectivity index (χ1n) is 5.03. The number of aromatic nitrogens is 1. The van der Waals surface area contributed by atoms with Crippen LogP contribution in [0.3, 0.4) is 0 Å². The Kier molecular flexibility index (Phi) is 2.77. The fraction of sp³-hybridized carbons (Fsp3) is 0.154. The molecule has 1 heterocycles. The van der Waals surface area contributed by atoms with Gasteiger partial charge in [0.2, 0.25) is 0 Å². The maximum Gasteiger partial charge on any atom is 0.261 e. The van der Waals surface area contributed by atoms with Crippen LogP contribution in [-0.4, -0.2) is 11.7 Å². The first-order chi connectivity index (χ1) is 7.74. The molecule has 1 aromatic carbocycles. The van der Waals surface area contributed by atoms with Crippen molar-refractivity contribution in [1.82, 2.24) is 4.57 Å². The Balaban J connectivity index is 2.73. The number of methoxy groups -OCH3 is 1. The normalized spacial score (nSPS) is 10.1. The summed E-state index contributed by atoms with van der Waals surface area (Å²) in [6, 6.07) is 11.3. The molecule has 0 aliphatic heterocycles. The molecular weight excluding hydrogens is 202 g/mol. The summed E-state index contributed by atoms with van der Waals surface area (Å²) in [5.74, 6) is 0.606. The number of benzene rings is 1. The van der Waals surface area contributed by atoms with Gasteiger partial charge in [-0.2, -0.15) is 0 Å². The van der Waals surface area contributed by atoms with Gasteiger partial charge in [0, 0.05) is 13.2 Å². The standard InChI is InChI=1S/C13H13NO2/c1-14-9-8-11(16-2)12(13(14)15)10-6-4-3-5-7-10/h3-9H,1-2H3. The number of hydrogen-bond donors (Lipinski definition) is 0. The highest BCUT2D eigenvalue weighted by Gasteiger charge is 2.10. The van der Waals surface area contributed by atoms with Crippen molar-refractivity contribution in [2.75, 3.05) is 7.11 Å². The monoisotopic (exact) mass is 215 g/mol. The Morgan fingerprint density at radius 1 is 1.12 bits per heavy atom. The molecule has 2 aromatic rings. The molecular formula is C13H13NO2. The van der Waals surface area contributed by atoms with Crippen molar-refractivity contribution in [3.63, 3.8) is 0 Å². The van der Waals surface area contributed by atoms with E-state index in [1.807, 2.05) is 30.3 Å². The van der Waals surface area contributed by atoms with E-state index < -0.39 is 0 Å². The molecule has 0 saturated carbocycles. The van der Waals surface area contributed by atoms with Gasteiger partial charge in [-0.3, -0.25) is 4.79 Å². The summed E-state index contributed by atoms with van der Waals surface area (Å²) in [4.78, 5) is 12.0. The minimum absolute atomic E-state index is 0.0504. The minimum Gasteiger partial charge on any atom is -0.496 e. The first-order valence-corrected chi connectivity index (χ1v) is 5.03.